The first-order valence-electron chi connectivity index (χ1n) is 10.5. The molecule has 3 aromatic carbocycles. The molecule has 2 aliphatic rings. The van der Waals surface area contributed by atoms with Crippen molar-refractivity contribution in [2.24, 2.45) is 0 Å². The van der Waals surface area contributed by atoms with Crippen LogP contribution < -0.4 is 10.1 Å². The zero-order valence-corrected chi connectivity index (χ0v) is 17.6. The van der Waals surface area contributed by atoms with Crippen LogP contribution in [-0.2, 0) is 16.0 Å². The van der Waals surface area contributed by atoms with E-state index >= 15 is 0 Å². The summed E-state index contributed by atoms with van der Waals surface area (Å²) in [6, 6.07) is 23.2. The van der Waals surface area contributed by atoms with E-state index in [1.54, 1.807) is 11.9 Å². The van der Waals surface area contributed by atoms with E-state index in [1.165, 1.54) is 0 Å². The maximum Gasteiger partial charge on any atom is 0.409 e. The van der Waals surface area contributed by atoms with Crippen LogP contribution in [0.2, 0.25) is 0 Å². The Labute approximate surface area is 186 Å². The van der Waals surface area contributed by atoms with E-state index in [0.29, 0.717) is 17.9 Å². The fraction of sp³-hybridized carbons (Fsp3) is 0.154. The highest BCUT2D eigenvalue weighted by atomic mass is 16.6. The summed E-state index contributed by atoms with van der Waals surface area (Å²) in [7, 11) is 1.76. The van der Waals surface area contributed by atoms with Crippen molar-refractivity contribution in [1.29, 1.82) is 0 Å². The monoisotopic (exact) mass is 426 g/mol. The number of anilines is 1. The molecule has 2 heterocycles. The fourth-order valence-corrected chi connectivity index (χ4v) is 3.91. The second-order valence-corrected chi connectivity index (χ2v) is 7.92. The lowest BCUT2D eigenvalue weighted by molar-refractivity contribution is -0.110. The standard InChI is InChI=1S/C26H22N2O4/c1-28-19(16-31-26(28)30)14-17-6-10-20(11-7-17)32-21-12-8-18(9-13-21)15-23-22-4-2-3-5-24(22)27-25(23)29/h2-13,15,19H,14,16H2,1H3,(H,27,29). The first kappa shape index (κ1) is 19.9. The van der Waals surface area contributed by atoms with Gasteiger partial charge in [0.1, 0.15) is 18.1 Å². The number of hydrogen-bond donors (Lipinski definition) is 1. The summed E-state index contributed by atoms with van der Waals surface area (Å²) in [5.74, 6) is 1.35. The Morgan fingerprint density at radius 3 is 2.38 bits per heavy atom. The molecule has 0 spiro atoms. The molecule has 1 saturated heterocycles. The van der Waals surface area contributed by atoms with E-state index in [-0.39, 0.29) is 18.0 Å². The molecule has 6 heteroatoms. The van der Waals surface area contributed by atoms with Crippen LogP contribution >= 0.6 is 0 Å². The molecule has 0 bridgehead atoms. The third-order valence-electron chi connectivity index (χ3n) is 5.77. The number of ether oxygens (including phenoxy) is 2. The van der Waals surface area contributed by atoms with Crippen molar-refractivity contribution in [2.45, 2.75) is 12.5 Å². The predicted molar refractivity (Wildman–Crippen MR) is 123 cm³/mol. The number of nitrogens with zero attached hydrogens (tertiary/aromatic N) is 1. The first-order chi connectivity index (χ1) is 15.6. The minimum atomic E-state index is -0.271. The molecule has 2 amide bonds. The molecule has 3 aromatic rings. The van der Waals surface area contributed by atoms with Crippen LogP contribution in [0.3, 0.4) is 0 Å². The molecular weight excluding hydrogens is 404 g/mol. The highest BCUT2D eigenvalue weighted by Crippen LogP contribution is 2.33. The smallest absolute Gasteiger partial charge is 0.409 e. The minimum Gasteiger partial charge on any atom is -0.457 e. The average molecular weight is 426 g/mol. The minimum absolute atomic E-state index is 0.0600. The number of fused-ring (bicyclic) bond motifs is 1. The highest BCUT2D eigenvalue weighted by Gasteiger charge is 2.29. The second kappa shape index (κ2) is 8.23. The summed E-state index contributed by atoms with van der Waals surface area (Å²) >= 11 is 0. The van der Waals surface area contributed by atoms with Gasteiger partial charge < -0.3 is 19.7 Å². The molecule has 6 nitrogen and oxygen atoms in total. The number of amides is 2. The van der Waals surface area contributed by atoms with Crippen molar-refractivity contribution in [2.75, 3.05) is 19.0 Å². The third-order valence-corrected chi connectivity index (χ3v) is 5.77. The third kappa shape index (κ3) is 3.95. The number of carbonyl (C=O) groups excluding carboxylic acids is 2. The summed E-state index contributed by atoms with van der Waals surface area (Å²) in [6.07, 6.45) is 2.35. The maximum atomic E-state index is 12.3. The molecule has 32 heavy (non-hydrogen) atoms. The van der Waals surface area contributed by atoms with Gasteiger partial charge in [-0.05, 0) is 54.0 Å². The zero-order valence-electron chi connectivity index (χ0n) is 17.6. The normalized spacial score (nSPS) is 18.5. The van der Waals surface area contributed by atoms with Gasteiger partial charge >= 0.3 is 6.09 Å². The van der Waals surface area contributed by atoms with Crippen LogP contribution in [0.15, 0.2) is 72.8 Å². The number of nitrogens with one attached hydrogen (secondary N) is 1. The van der Waals surface area contributed by atoms with E-state index in [1.807, 2.05) is 78.9 Å². The summed E-state index contributed by atoms with van der Waals surface area (Å²) in [6.45, 7) is 0.420. The number of rotatable bonds is 5. The molecule has 1 unspecified atom stereocenters. The van der Waals surface area contributed by atoms with Crippen LogP contribution in [0.5, 0.6) is 11.5 Å². The van der Waals surface area contributed by atoms with Crippen molar-refractivity contribution in [3.05, 3.63) is 89.5 Å². The molecule has 0 aliphatic carbocycles. The topological polar surface area (TPSA) is 67.9 Å². The fourth-order valence-electron chi connectivity index (χ4n) is 3.91. The van der Waals surface area contributed by atoms with Gasteiger partial charge in [-0.25, -0.2) is 4.79 Å². The lowest BCUT2D eigenvalue weighted by Crippen LogP contribution is -2.30. The largest absolute Gasteiger partial charge is 0.457 e. The average Bonchev–Trinajstić information content (AvgIpc) is 3.29. The van der Waals surface area contributed by atoms with Gasteiger partial charge in [0.2, 0.25) is 0 Å². The van der Waals surface area contributed by atoms with Gasteiger partial charge in [-0.2, -0.15) is 0 Å². The van der Waals surface area contributed by atoms with Crippen molar-refractivity contribution in [3.63, 3.8) is 0 Å². The Morgan fingerprint density at radius 2 is 1.69 bits per heavy atom. The Hall–Kier alpha value is -4.06. The molecule has 0 radical (unpaired) electrons. The highest BCUT2D eigenvalue weighted by molar-refractivity contribution is 6.34. The van der Waals surface area contributed by atoms with Crippen LogP contribution in [0, 0.1) is 0 Å². The molecule has 160 valence electrons. The number of cyclic esters (lactones) is 1. The van der Waals surface area contributed by atoms with Crippen molar-refractivity contribution in [3.8, 4) is 11.5 Å². The molecule has 1 atom stereocenters. The SMILES string of the molecule is CN1C(=O)OCC1Cc1ccc(Oc2ccc(C=C3C(=O)Nc4ccccc43)cc2)cc1. The Kier molecular flexibility index (Phi) is 5.11. The van der Waals surface area contributed by atoms with E-state index in [0.717, 1.165) is 34.5 Å². The van der Waals surface area contributed by atoms with Crippen LogP contribution in [0.25, 0.3) is 11.6 Å². The van der Waals surface area contributed by atoms with E-state index in [2.05, 4.69) is 5.32 Å². The van der Waals surface area contributed by atoms with Gasteiger partial charge in [-0.1, -0.05) is 42.5 Å². The first-order valence-corrected chi connectivity index (χ1v) is 10.5. The summed E-state index contributed by atoms with van der Waals surface area (Å²) in [5.41, 5.74) is 4.45. The van der Waals surface area contributed by atoms with Crippen molar-refractivity contribution < 1.29 is 19.1 Å². The molecule has 1 N–H and O–H groups in total. The van der Waals surface area contributed by atoms with Crippen LogP contribution in [0.1, 0.15) is 16.7 Å². The number of para-hydroxylation sites is 1. The molecule has 0 saturated carbocycles. The lowest BCUT2D eigenvalue weighted by Gasteiger charge is -2.16. The van der Waals surface area contributed by atoms with Crippen molar-refractivity contribution >= 4 is 29.3 Å². The molecule has 2 aliphatic heterocycles. The maximum absolute atomic E-state index is 12.3. The zero-order chi connectivity index (χ0) is 22.1. The van der Waals surface area contributed by atoms with Crippen LogP contribution in [-0.4, -0.2) is 36.6 Å². The Morgan fingerprint density at radius 1 is 1.00 bits per heavy atom. The number of hydrogen-bond acceptors (Lipinski definition) is 4. The summed E-state index contributed by atoms with van der Waals surface area (Å²) in [5, 5.41) is 2.89. The number of carbonyl (C=O) groups is 2. The van der Waals surface area contributed by atoms with Gasteiger partial charge in [0.05, 0.1) is 6.04 Å². The van der Waals surface area contributed by atoms with Crippen LogP contribution in [0.4, 0.5) is 10.5 Å². The van der Waals surface area contributed by atoms with E-state index < -0.39 is 0 Å². The molecule has 1 fully saturated rings. The van der Waals surface area contributed by atoms with E-state index in [4.69, 9.17) is 9.47 Å². The summed E-state index contributed by atoms with van der Waals surface area (Å²) in [4.78, 5) is 25.4. The predicted octanol–water partition coefficient (Wildman–Crippen LogP) is 4.96. The van der Waals surface area contributed by atoms with Gasteiger partial charge in [-0.3, -0.25) is 4.79 Å². The van der Waals surface area contributed by atoms with E-state index in [9.17, 15) is 9.59 Å². The Balaban J connectivity index is 1.24. The summed E-state index contributed by atoms with van der Waals surface area (Å²) < 4.78 is 11.0. The Bertz CT molecular complexity index is 1200. The lowest BCUT2D eigenvalue weighted by atomic mass is 10.0. The molecule has 5 rings (SSSR count). The van der Waals surface area contributed by atoms with Gasteiger partial charge in [0.15, 0.2) is 0 Å². The second-order valence-electron chi connectivity index (χ2n) is 7.92. The molecule has 0 aromatic heterocycles. The van der Waals surface area contributed by atoms with Gasteiger partial charge in [-0.15, -0.1) is 0 Å². The van der Waals surface area contributed by atoms with Gasteiger partial charge in [0, 0.05) is 23.9 Å². The van der Waals surface area contributed by atoms with Gasteiger partial charge in [0.25, 0.3) is 5.91 Å². The molecular formula is C26H22N2O4. The van der Waals surface area contributed by atoms with Crippen molar-refractivity contribution in [1.82, 2.24) is 4.90 Å². The number of benzene rings is 3. The number of likely N-dealkylation sites (N-methyl/N-ethyl adjacent to an activating group) is 1. The quantitative estimate of drug-likeness (QED) is 0.585.